The van der Waals surface area contributed by atoms with Gasteiger partial charge in [-0.05, 0) is 38.1 Å². The van der Waals surface area contributed by atoms with Crippen LogP contribution >= 0.6 is 0 Å². The topological polar surface area (TPSA) is 64.3 Å². The van der Waals surface area contributed by atoms with Crippen molar-refractivity contribution in [3.05, 3.63) is 63.2 Å². The van der Waals surface area contributed by atoms with Crippen LogP contribution in [0.15, 0.2) is 46.1 Å². The van der Waals surface area contributed by atoms with Crippen LogP contribution in [-0.4, -0.2) is 33.0 Å². The normalized spacial score (nSPS) is 10.6. The lowest BCUT2D eigenvalue weighted by molar-refractivity contribution is -0.131. The van der Waals surface area contributed by atoms with Crippen LogP contribution in [0.4, 0.5) is 4.39 Å². The average Bonchev–Trinajstić information content (AvgIpc) is 2.53. The summed E-state index contributed by atoms with van der Waals surface area (Å²) in [7, 11) is 0. The van der Waals surface area contributed by atoms with Crippen molar-refractivity contribution in [3.63, 3.8) is 0 Å². The van der Waals surface area contributed by atoms with E-state index in [1.165, 1.54) is 41.1 Å². The highest BCUT2D eigenvalue weighted by atomic mass is 19.1. The SMILES string of the molecule is CCN(CC)C(=O)Cn1ccc(=O)n(-c2ccc(F)cc2)c1=O. The minimum absolute atomic E-state index is 0.151. The van der Waals surface area contributed by atoms with Gasteiger partial charge < -0.3 is 4.90 Å². The van der Waals surface area contributed by atoms with Gasteiger partial charge in [0.2, 0.25) is 5.91 Å². The van der Waals surface area contributed by atoms with Crippen molar-refractivity contribution >= 4 is 5.91 Å². The van der Waals surface area contributed by atoms with Gasteiger partial charge in [0.05, 0.1) is 5.69 Å². The number of amides is 1. The number of likely N-dealkylation sites (N-methyl/N-ethyl adjacent to an activating group) is 1. The van der Waals surface area contributed by atoms with Gasteiger partial charge in [-0.2, -0.15) is 0 Å². The highest BCUT2D eigenvalue weighted by Gasteiger charge is 2.13. The fourth-order valence-corrected chi connectivity index (χ4v) is 2.28. The lowest BCUT2D eigenvalue weighted by Gasteiger charge is -2.19. The van der Waals surface area contributed by atoms with Gasteiger partial charge in [-0.1, -0.05) is 0 Å². The number of hydrogen-bond donors (Lipinski definition) is 0. The van der Waals surface area contributed by atoms with E-state index in [2.05, 4.69) is 0 Å². The summed E-state index contributed by atoms with van der Waals surface area (Å²) in [5, 5.41) is 0. The molecule has 0 aliphatic carbocycles. The summed E-state index contributed by atoms with van der Waals surface area (Å²) in [5.74, 6) is -0.670. The zero-order chi connectivity index (χ0) is 17.0. The first-order chi connectivity index (χ1) is 11.0. The summed E-state index contributed by atoms with van der Waals surface area (Å²) in [6, 6.07) is 6.23. The Morgan fingerprint density at radius 3 is 2.26 bits per heavy atom. The largest absolute Gasteiger partial charge is 0.342 e. The fraction of sp³-hybridized carbons (Fsp3) is 0.312. The van der Waals surface area contributed by atoms with Crippen molar-refractivity contribution < 1.29 is 9.18 Å². The molecule has 0 saturated carbocycles. The first-order valence-electron chi connectivity index (χ1n) is 7.34. The molecule has 0 radical (unpaired) electrons. The maximum atomic E-state index is 13.0. The third-order valence-corrected chi connectivity index (χ3v) is 3.56. The van der Waals surface area contributed by atoms with Crippen molar-refractivity contribution in [1.29, 1.82) is 0 Å². The third-order valence-electron chi connectivity index (χ3n) is 3.56. The number of carbonyl (C=O) groups excluding carboxylic acids is 1. The van der Waals surface area contributed by atoms with Gasteiger partial charge in [-0.25, -0.2) is 13.8 Å². The highest BCUT2D eigenvalue weighted by molar-refractivity contribution is 5.75. The molecule has 2 rings (SSSR count). The van der Waals surface area contributed by atoms with E-state index in [1.54, 1.807) is 4.90 Å². The van der Waals surface area contributed by atoms with Crippen LogP contribution in [0.1, 0.15) is 13.8 Å². The van der Waals surface area contributed by atoms with Crippen LogP contribution in [0.25, 0.3) is 5.69 Å². The van der Waals surface area contributed by atoms with E-state index in [1.807, 2.05) is 13.8 Å². The standard InChI is InChI=1S/C16H18FN3O3/c1-3-18(4-2)15(22)11-19-10-9-14(21)20(16(19)23)13-7-5-12(17)6-8-13/h5-10H,3-4,11H2,1-2H3. The summed E-state index contributed by atoms with van der Waals surface area (Å²) in [5.41, 5.74) is -0.913. The number of rotatable bonds is 5. The molecule has 0 N–H and O–H groups in total. The first-order valence-corrected chi connectivity index (χ1v) is 7.34. The molecule has 0 atom stereocenters. The Labute approximate surface area is 132 Å². The molecule has 0 fully saturated rings. The maximum absolute atomic E-state index is 13.0. The van der Waals surface area contributed by atoms with Gasteiger partial charge >= 0.3 is 5.69 Å². The van der Waals surface area contributed by atoms with E-state index in [9.17, 15) is 18.8 Å². The summed E-state index contributed by atoms with van der Waals surface area (Å²) in [6.45, 7) is 4.64. The van der Waals surface area contributed by atoms with Crippen LogP contribution in [-0.2, 0) is 11.3 Å². The van der Waals surface area contributed by atoms with Gasteiger partial charge in [0.15, 0.2) is 0 Å². The summed E-state index contributed by atoms with van der Waals surface area (Å²) < 4.78 is 15.1. The Bertz CT molecular complexity index is 805. The second-order valence-electron chi connectivity index (χ2n) is 4.94. The monoisotopic (exact) mass is 319 g/mol. The van der Waals surface area contributed by atoms with E-state index >= 15 is 0 Å². The molecule has 7 heteroatoms. The summed E-state index contributed by atoms with van der Waals surface area (Å²) in [6.07, 6.45) is 1.30. The molecule has 1 aromatic heterocycles. The molecule has 0 aliphatic heterocycles. The molecule has 122 valence electrons. The van der Waals surface area contributed by atoms with Crippen LogP contribution < -0.4 is 11.2 Å². The first kappa shape index (κ1) is 16.7. The van der Waals surface area contributed by atoms with E-state index in [0.29, 0.717) is 13.1 Å². The zero-order valence-electron chi connectivity index (χ0n) is 13.0. The van der Waals surface area contributed by atoms with Gasteiger partial charge in [-0.3, -0.25) is 14.2 Å². The highest BCUT2D eigenvalue weighted by Crippen LogP contribution is 2.04. The summed E-state index contributed by atoms with van der Waals surface area (Å²) in [4.78, 5) is 38.2. The second kappa shape index (κ2) is 7.04. The molecule has 0 spiro atoms. The summed E-state index contributed by atoms with van der Waals surface area (Å²) >= 11 is 0. The van der Waals surface area contributed by atoms with Crippen molar-refractivity contribution in [2.24, 2.45) is 0 Å². The molecule has 23 heavy (non-hydrogen) atoms. The Morgan fingerprint density at radius 1 is 1.09 bits per heavy atom. The van der Waals surface area contributed by atoms with Gasteiger partial charge in [0, 0.05) is 25.4 Å². The molecule has 1 heterocycles. The van der Waals surface area contributed by atoms with Crippen LogP contribution in [0.5, 0.6) is 0 Å². The molecular weight excluding hydrogens is 301 g/mol. The predicted molar refractivity (Wildman–Crippen MR) is 84.2 cm³/mol. The molecule has 0 unspecified atom stereocenters. The van der Waals surface area contributed by atoms with Crippen LogP contribution in [0, 0.1) is 5.82 Å². The maximum Gasteiger partial charge on any atom is 0.336 e. The average molecular weight is 319 g/mol. The van der Waals surface area contributed by atoms with E-state index in [-0.39, 0.29) is 18.1 Å². The fourth-order valence-electron chi connectivity index (χ4n) is 2.28. The number of benzene rings is 1. The predicted octanol–water partition coefficient (Wildman–Crippen LogP) is 1.01. The van der Waals surface area contributed by atoms with Crippen molar-refractivity contribution in [2.45, 2.75) is 20.4 Å². The Kier molecular flexibility index (Phi) is 5.10. The molecule has 6 nitrogen and oxygen atoms in total. The number of aromatic nitrogens is 2. The third kappa shape index (κ3) is 3.56. The van der Waals surface area contributed by atoms with Crippen LogP contribution in [0.3, 0.4) is 0 Å². The number of hydrogen-bond acceptors (Lipinski definition) is 3. The van der Waals surface area contributed by atoms with Gasteiger partial charge in [0.1, 0.15) is 12.4 Å². The number of carbonyl (C=O) groups is 1. The smallest absolute Gasteiger partial charge is 0.336 e. The molecule has 0 bridgehead atoms. The minimum atomic E-state index is -0.635. The lowest BCUT2D eigenvalue weighted by Crippen LogP contribution is -2.42. The van der Waals surface area contributed by atoms with Crippen LogP contribution in [0.2, 0.25) is 0 Å². The molecule has 1 amide bonds. The molecule has 0 saturated heterocycles. The number of halogens is 1. The van der Waals surface area contributed by atoms with E-state index in [0.717, 1.165) is 4.57 Å². The Hall–Kier alpha value is -2.70. The minimum Gasteiger partial charge on any atom is -0.342 e. The Morgan fingerprint density at radius 2 is 1.70 bits per heavy atom. The lowest BCUT2D eigenvalue weighted by atomic mass is 10.3. The number of nitrogens with zero attached hydrogens (tertiary/aromatic N) is 3. The quantitative estimate of drug-likeness (QED) is 0.826. The molecule has 2 aromatic rings. The molecular formula is C16H18FN3O3. The zero-order valence-corrected chi connectivity index (χ0v) is 13.0. The molecule has 1 aromatic carbocycles. The van der Waals surface area contributed by atoms with E-state index < -0.39 is 17.1 Å². The van der Waals surface area contributed by atoms with Gasteiger partial charge in [-0.15, -0.1) is 0 Å². The molecule has 0 aliphatic rings. The second-order valence-corrected chi connectivity index (χ2v) is 4.94. The Balaban J connectivity index is 2.43. The van der Waals surface area contributed by atoms with Crippen molar-refractivity contribution in [3.8, 4) is 5.69 Å². The van der Waals surface area contributed by atoms with Crippen molar-refractivity contribution in [2.75, 3.05) is 13.1 Å². The van der Waals surface area contributed by atoms with Crippen molar-refractivity contribution in [1.82, 2.24) is 14.0 Å². The van der Waals surface area contributed by atoms with E-state index in [4.69, 9.17) is 0 Å². The van der Waals surface area contributed by atoms with Gasteiger partial charge in [0.25, 0.3) is 5.56 Å².